The zero-order valence-electron chi connectivity index (χ0n) is 21.1. The number of nitrogens with zero attached hydrogens (tertiary/aromatic N) is 2. The first-order chi connectivity index (χ1) is 17.8. The van der Waals surface area contributed by atoms with Crippen molar-refractivity contribution in [3.05, 3.63) is 96.3 Å². The summed E-state index contributed by atoms with van der Waals surface area (Å²) in [5.74, 6) is 0.285. The van der Waals surface area contributed by atoms with E-state index in [1.807, 2.05) is 36.4 Å². The van der Waals surface area contributed by atoms with Gasteiger partial charge >= 0.3 is 5.97 Å². The first-order valence-electron chi connectivity index (χ1n) is 12.1. The third-order valence-corrected chi connectivity index (χ3v) is 6.10. The highest BCUT2D eigenvalue weighted by Gasteiger charge is 2.17. The summed E-state index contributed by atoms with van der Waals surface area (Å²) in [6.45, 7) is 6.20. The van der Waals surface area contributed by atoms with Crippen molar-refractivity contribution < 1.29 is 19.1 Å². The standard InChI is InChI=1S/C30H29N3O4/c1-4-30(2,3)21-9-14-24(15-10-21)37-25-16-11-22(12-17-25)33-28(34)20-36-29(35)18-13-23-19-31-26-7-5-6-8-27(26)32-23/h5-19H,4,20H2,1-3H3,(H,33,34). The Bertz CT molecular complexity index is 1410. The zero-order valence-corrected chi connectivity index (χ0v) is 21.1. The average molecular weight is 496 g/mol. The molecule has 1 amide bonds. The maximum atomic E-state index is 12.2. The Labute approximate surface area is 216 Å². The van der Waals surface area contributed by atoms with Crippen molar-refractivity contribution in [1.82, 2.24) is 9.97 Å². The molecule has 0 aliphatic rings. The molecule has 1 aromatic heterocycles. The Morgan fingerprint density at radius 3 is 2.24 bits per heavy atom. The molecule has 0 aliphatic carbocycles. The largest absolute Gasteiger partial charge is 0.457 e. The summed E-state index contributed by atoms with van der Waals surface area (Å²) in [5.41, 5.74) is 3.96. The van der Waals surface area contributed by atoms with Crippen molar-refractivity contribution in [2.45, 2.75) is 32.6 Å². The molecule has 0 fully saturated rings. The van der Waals surface area contributed by atoms with Crippen LogP contribution in [0.5, 0.6) is 11.5 Å². The highest BCUT2D eigenvalue weighted by molar-refractivity contribution is 5.94. The van der Waals surface area contributed by atoms with Gasteiger partial charge in [-0.1, -0.05) is 45.0 Å². The van der Waals surface area contributed by atoms with E-state index in [1.165, 1.54) is 17.7 Å². The molecule has 4 rings (SSSR count). The molecule has 0 spiro atoms. The van der Waals surface area contributed by atoms with E-state index in [1.54, 1.807) is 30.5 Å². The number of nitrogens with one attached hydrogen (secondary N) is 1. The summed E-state index contributed by atoms with van der Waals surface area (Å²) in [7, 11) is 0. The van der Waals surface area contributed by atoms with Crippen LogP contribution in [0.3, 0.4) is 0 Å². The van der Waals surface area contributed by atoms with Gasteiger partial charge in [0.2, 0.25) is 0 Å². The topological polar surface area (TPSA) is 90.4 Å². The highest BCUT2D eigenvalue weighted by atomic mass is 16.5. The average Bonchev–Trinajstić information content (AvgIpc) is 2.92. The minimum absolute atomic E-state index is 0.120. The van der Waals surface area contributed by atoms with Gasteiger partial charge in [-0.15, -0.1) is 0 Å². The molecule has 0 saturated heterocycles. The van der Waals surface area contributed by atoms with Crippen molar-refractivity contribution in [2.24, 2.45) is 0 Å². The Kier molecular flexibility index (Phi) is 7.93. The van der Waals surface area contributed by atoms with Crippen molar-refractivity contribution in [2.75, 3.05) is 11.9 Å². The third-order valence-electron chi connectivity index (χ3n) is 6.10. The van der Waals surface area contributed by atoms with Crippen LogP contribution in [0.15, 0.2) is 85.1 Å². The van der Waals surface area contributed by atoms with Gasteiger partial charge in [-0.25, -0.2) is 9.78 Å². The minimum Gasteiger partial charge on any atom is -0.457 e. The first kappa shape index (κ1) is 25.6. The number of anilines is 1. The van der Waals surface area contributed by atoms with Crippen LogP contribution in [0, 0.1) is 0 Å². The van der Waals surface area contributed by atoms with Gasteiger partial charge in [-0.2, -0.15) is 0 Å². The van der Waals surface area contributed by atoms with Gasteiger partial charge < -0.3 is 14.8 Å². The highest BCUT2D eigenvalue weighted by Crippen LogP contribution is 2.30. The Morgan fingerprint density at radius 1 is 0.919 bits per heavy atom. The van der Waals surface area contributed by atoms with Crippen LogP contribution in [0.4, 0.5) is 5.69 Å². The summed E-state index contributed by atoms with van der Waals surface area (Å²) in [6.07, 6.45) is 5.33. The number of para-hydroxylation sites is 2. The second kappa shape index (κ2) is 11.5. The second-order valence-corrected chi connectivity index (χ2v) is 9.16. The van der Waals surface area contributed by atoms with Crippen LogP contribution in [-0.4, -0.2) is 28.5 Å². The lowest BCUT2D eigenvalue weighted by Crippen LogP contribution is -2.20. The molecule has 0 radical (unpaired) electrons. The summed E-state index contributed by atoms with van der Waals surface area (Å²) < 4.78 is 10.9. The lowest BCUT2D eigenvalue weighted by molar-refractivity contribution is -0.142. The molecule has 0 unspecified atom stereocenters. The molecule has 37 heavy (non-hydrogen) atoms. The van der Waals surface area contributed by atoms with Crippen molar-refractivity contribution in [3.63, 3.8) is 0 Å². The number of ether oxygens (including phenoxy) is 2. The van der Waals surface area contributed by atoms with E-state index in [4.69, 9.17) is 9.47 Å². The van der Waals surface area contributed by atoms with Gasteiger partial charge in [0, 0.05) is 11.8 Å². The SMILES string of the molecule is CCC(C)(C)c1ccc(Oc2ccc(NC(=O)COC(=O)C=Cc3cnc4ccccc4n3)cc2)cc1. The van der Waals surface area contributed by atoms with E-state index in [2.05, 4.69) is 48.2 Å². The number of carbonyl (C=O) groups is 2. The van der Waals surface area contributed by atoms with Crippen LogP contribution < -0.4 is 10.1 Å². The Morgan fingerprint density at radius 2 is 1.57 bits per heavy atom. The Hall–Kier alpha value is -4.52. The monoisotopic (exact) mass is 495 g/mol. The fraction of sp³-hybridized carbons (Fsp3) is 0.200. The second-order valence-electron chi connectivity index (χ2n) is 9.16. The fourth-order valence-electron chi connectivity index (χ4n) is 3.51. The number of esters is 1. The van der Waals surface area contributed by atoms with Crippen LogP contribution >= 0.6 is 0 Å². The van der Waals surface area contributed by atoms with Crippen LogP contribution in [0.1, 0.15) is 38.4 Å². The molecule has 0 bridgehead atoms. The van der Waals surface area contributed by atoms with Crippen molar-refractivity contribution in [1.29, 1.82) is 0 Å². The molecular weight excluding hydrogens is 466 g/mol. The number of rotatable bonds is 9. The molecule has 4 aromatic rings. The predicted octanol–water partition coefficient (Wildman–Crippen LogP) is 6.30. The van der Waals surface area contributed by atoms with Crippen LogP contribution in [0.2, 0.25) is 0 Å². The maximum absolute atomic E-state index is 12.2. The van der Waals surface area contributed by atoms with E-state index >= 15 is 0 Å². The van der Waals surface area contributed by atoms with E-state index in [-0.39, 0.29) is 5.41 Å². The van der Waals surface area contributed by atoms with Gasteiger partial charge in [0.05, 0.1) is 22.9 Å². The third kappa shape index (κ3) is 7.01. The molecule has 188 valence electrons. The zero-order chi connectivity index (χ0) is 26.3. The molecule has 7 heteroatoms. The molecule has 0 atom stereocenters. The number of hydrogen-bond donors (Lipinski definition) is 1. The maximum Gasteiger partial charge on any atom is 0.331 e. The van der Waals surface area contributed by atoms with Gasteiger partial charge in [0.25, 0.3) is 5.91 Å². The van der Waals surface area contributed by atoms with E-state index in [0.717, 1.165) is 23.2 Å². The molecule has 0 aliphatic heterocycles. The van der Waals surface area contributed by atoms with Crippen molar-refractivity contribution in [3.8, 4) is 11.5 Å². The van der Waals surface area contributed by atoms with E-state index in [0.29, 0.717) is 17.1 Å². The molecule has 0 saturated carbocycles. The molecular formula is C30H29N3O4. The minimum atomic E-state index is -0.651. The molecule has 1 N–H and O–H groups in total. The van der Waals surface area contributed by atoms with Crippen molar-refractivity contribution >= 4 is 34.7 Å². The van der Waals surface area contributed by atoms with Crippen LogP contribution in [-0.2, 0) is 19.7 Å². The number of fused-ring (bicyclic) bond motifs is 1. The quantitative estimate of drug-likeness (QED) is 0.216. The number of benzene rings is 3. The fourth-order valence-corrected chi connectivity index (χ4v) is 3.51. The number of carbonyl (C=O) groups excluding carboxylic acids is 2. The summed E-state index contributed by atoms with van der Waals surface area (Å²) in [6, 6.07) is 22.5. The van der Waals surface area contributed by atoms with Gasteiger partial charge in [-0.05, 0) is 72.0 Å². The summed E-state index contributed by atoms with van der Waals surface area (Å²) in [5, 5.41) is 2.69. The number of hydrogen-bond acceptors (Lipinski definition) is 6. The summed E-state index contributed by atoms with van der Waals surface area (Å²) in [4.78, 5) is 32.9. The van der Waals surface area contributed by atoms with Crippen LogP contribution in [0.25, 0.3) is 17.1 Å². The molecule has 3 aromatic carbocycles. The number of amides is 1. The van der Waals surface area contributed by atoms with E-state index in [9.17, 15) is 9.59 Å². The predicted molar refractivity (Wildman–Crippen MR) is 144 cm³/mol. The van der Waals surface area contributed by atoms with Gasteiger partial charge in [-0.3, -0.25) is 9.78 Å². The molecule has 1 heterocycles. The smallest absolute Gasteiger partial charge is 0.331 e. The summed E-state index contributed by atoms with van der Waals surface area (Å²) >= 11 is 0. The lowest BCUT2D eigenvalue weighted by Gasteiger charge is -2.23. The number of aromatic nitrogens is 2. The lowest BCUT2D eigenvalue weighted by atomic mass is 9.82. The molecule has 7 nitrogen and oxygen atoms in total. The first-order valence-corrected chi connectivity index (χ1v) is 12.1. The van der Waals surface area contributed by atoms with Gasteiger partial charge in [0.15, 0.2) is 6.61 Å². The Balaban J connectivity index is 1.24. The normalized spacial score (nSPS) is 11.4. The van der Waals surface area contributed by atoms with Gasteiger partial charge in [0.1, 0.15) is 11.5 Å². The van der Waals surface area contributed by atoms with E-state index < -0.39 is 18.5 Å².